The molecule has 1 aliphatic rings. The summed E-state index contributed by atoms with van der Waals surface area (Å²) in [5.41, 5.74) is 1.81. The first-order valence-corrected chi connectivity index (χ1v) is 10.3. The molecular weight excluding hydrogens is 362 g/mol. The second kappa shape index (κ2) is 6.61. The maximum Gasteiger partial charge on any atom is 0.348 e. The molecule has 0 saturated heterocycles. The van der Waals surface area contributed by atoms with Crippen LogP contribution in [0, 0.1) is 6.92 Å². The van der Waals surface area contributed by atoms with Gasteiger partial charge < -0.3 is 4.74 Å². The summed E-state index contributed by atoms with van der Waals surface area (Å²) in [6.07, 6.45) is 1.71. The Labute approximate surface area is 150 Å². The van der Waals surface area contributed by atoms with Crippen molar-refractivity contribution in [2.24, 2.45) is 0 Å². The van der Waals surface area contributed by atoms with Crippen LogP contribution in [-0.4, -0.2) is 39.6 Å². The summed E-state index contributed by atoms with van der Waals surface area (Å²) in [5.74, 6) is -0.835. The Kier molecular flexibility index (Phi) is 4.66. The molecule has 0 N–H and O–H groups in total. The van der Waals surface area contributed by atoms with Gasteiger partial charge in [0.2, 0.25) is 10.0 Å². The van der Waals surface area contributed by atoms with E-state index >= 15 is 0 Å². The maximum absolute atomic E-state index is 12.3. The van der Waals surface area contributed by atoms with Crippen LogP contribution in [-0.2, 0) is 21.2 Å². The van der Waals surface area contributed by atoms with Crippen LogP contribution in [0.25, 0.3) is 0 Å². The number of hydrogen-bond acceptors (Lipinski definition) is 6. The Morgan fingerprint density at radius 3 is 2.64 bits per heavy atom. The Morgan fingerprint density at radius 1 is 1.24 bits per heavy atom. The van der Waals surface area contributed by atoms with Gasteiger partial charge >= 0.3 is 5.97 Å². The number of aryl methyl sites for hydroxylation is 1. The molecule has 2 heterocycles. The molecule has 1 aromatic carbocycles. The minimum atomic E-state index is -3.32. The zero-order chi connectivity index (χ0) is 18.2. The second-order valence-corrected chi connectivity index (χ2v) is 9.03. The summed E-state index contributed by atoms with van der Waals surface area (Å²) >= 11 is 1.31. The summed E-state index contributed by atoms with van der Waals surface area (Å²) in [4.78, 5) is 25.6. The topological polar surface area (TPSA) is 80.8 Å². The van der Waals surface area contributed by atoms with Gasteiger partial charge in [-0.3, -0.25) is 9.10 Å². The molecule has 0 spiro atoms. The number of benzene rings is 1. The average molecular weight is 379 g/mol. The third-order valence-electron chi connectivity index (χ3n) is 3.93. The number of fused-ring (bicyclic) bond motifs is 1. The van der Waals surface area contributed by atoms with Crippen molar-refractivity contribution in [2.45, 2.75) is 13.3 Å². The Balaban J connectivity index is 1.69. The molecule has 0 saturated carbocycles. The highest BCUT2D eigenvalue weighted by atomic mass is 32.2. The highest BCUT2D eigenvalue weighted by Gasteiger charge is 2.26. The predicted octanol–water partition coefficient (Wildman–Crippen LogP) is 2.42. The normalized spacial score (nSPS) is 13.6. The summed E-state index contributed by atoms with van der Waals surface area (Å²) in [5, 5.41) is 0. The smallest absolute Gasteiger partial charge is 0.348 e. The predicted molar refractivity (Wildman–Crippen MR) is 96.0 cm³/mol. The van der Waals surface area contributed by atoms with Crippen molar-refractivity contribution >= 4 is 38.8 Å². The van der Waals surface area contributed by atoms with Gasteiger partial charge in [-0.05, 0) is 49.2 Å². The van der Waals surface area contributed by atoms with Crippen LogP contribution in [0.15, 0.2) is 30.3 Å². The molecule has 1 aromatic heterocycles. The first kappa shape index (κ1) is 17.6. The van der Waals surface area contributed by atoms with Gasteiger partial charge in [-0.2, -0.15) is 0 Å². The molecule has 6 nitrogen and oxygen atoms in total. The molecule has 0 amide bonds. The molecule has 0 aliphatic carbocycles. The molecule has 3 rings (SSSR count). The van der Waals surface area contributed by atoms with E-state index < -0.39 is 16.0 Å². The number of carbonyl (C=O) groups is 2. The lowest BCUT2D eigenvalue weighted by Crippen LogP contribution is -2.27. The van der Waals surface area contributed by atoms with Gasteiger partial charge in [-0.25, -0.2) is 13.2 Å². The van der Waals surface area contributed by atoms with E-state index in [-0.39, 0.29) is 12.4 Å². The number of esters is 1. The van der Waals surface area contributed by atoms with Gasteiger partial charge in [0.15, 0.2) is 12.4 Å². The molecular formula is C17H17NO5S2. The van der Waals surface area contributed by atoms with E-state index in [1.54, 1.807) is 24.3 Å². The first-order valence-electron chi connectivity index (χ1n) is 7.63. The highest BCUT2D eigenvalue weighted by Crippen LogP contribution is 2.30. The van der Waals surface area contributed by atoms with Crippen molar-refractivity contribution in [2.75, 3.05) is 23.7 Å². The molecule has 8 heteroatoms. The first-order chi connectivity index (χ1) is 11.8. The number of ether oxygens (including phenoxy) is 1. The standard InChI is InChI=1S/C17H17NO5S2/c1-11-3-6-16(24-11)17(20)23-10-15(19)13-4-5-14-12(9-13)7-8-18(14)25(2,21)22/h3-6,9H,7-8,10H2,1-2H3. The maximum atomic E-state index is 12.3. The molecule has 25 heavy (non-hydrogen) atoms. The zero-order valence-electron chi connectivity index (χ0n) is 13.8. The molecule has 0 radical (unpaired) electrons. The van der Waals surface area contributed by atoms with E-state index in [2.05, 4.69) is 0 Å². The van der Waals surface area contributed by atoms with Crippen LogP contribution < -0.4 is 4.31 Å². The van der Waals surface area contributed by atoms with E-state index in [0.29, 0.717) is 29.1 Å². The van der Waals surface area contributed by atoms with Crippen LogP contribution in [0.3, 0.4) is 0 Å². The number of carbonyl (C=O) groups excluding carboxylic acids is 2. The number of thiophene rings is 1. The van der Waals surface area contributed by atoms with Gasteiger partial charge in [0.1, 0.15) is 4.88 Å². The Hall–Kier alpha value is -2.19. The van der Waals surface area contributed by atoms with Crippen molar-refractivity contribution in [3.63, 3.8) is 0 Å². The van der Waals surface area contributed by atoms with Crippen LogP contribution in [0.5, 0.6) is 0 Å². The van der Waals surface area contributed by atoms with Gasteiger partial charge in [-0.15, -0.1) is 11.3 Å². The Bertz CT molecular complexity index is 946. The quantitative estimate of drug-likeness (QED) is 0.589. The van der Waals surface area contributed by atoms with E-state index in [4.69, 9.17) is 4.74 Å². The molecule has 0 atom stereocenters. The van der Waals surface area contributed by atoms with Gasteiger partial charge in [0.25, 0.3) is 0 Å². The fourth-order valence-electron chi connectivity index (χ4n) is 2.72. The Morgan fingerprint density at radius 2 is 2.00 bits per heavy atom. The molecule has 0 unspecified atom stereocenters. The number of nitrogens with zero attached hydrogens (tertiary/aromatic N) is 1. The molecule has 2 aromatic rings. The second-order valence-electron chi connectivity index (χ2n) is 5.84. The lowest BCUT2D eigenvalue weighted by atomic mass is 10.1. The van der Waals surface area contributed by atoms with Crippen LogP contribution in [0.1, 0.15) is 30.5 Å². The zero-order valence-corrected chi connectivity index (χ0v) is 15.4. The van der Waals surface area contributed by atoms with Crippen LogP contribution in [0.2, 0.25) is 0 Å². The lowest BCUT2D eigenvalue weighted by molar-refractivity contribution is 0.0479. The number of anilines is 1. The van der Waals surface area contributed by atoms with E-state index in [9.17, 15) is 18.0 Å². The SMILES string of the molecule is Cc1ccc(C(=O)OCC(=O)c2ccc3c(c2)CCN3S(C)(=O)=O)s1. The fraction of sp³-hybridized carbons (Fsp3) is 0.294. The summed E-state index contributed by atoms with van der Waals surface area (Å²) in [6.45, 7) is 1.92. The van der Waals surface area contributed by atoms with E-state index in [1.807, 2.05) is 13.0 Å². The molecule has 0 fully saturated rings. The minimum absolute atomic E-state index is 0.317. The number of hydrogen-bond donors (Lipinski definition) is 0. The minimum Gasteiger partial charge on any atom is -0.453 e. The van der Waals surface area contributed by atoms with Crippen LogP contribution >= 0.6 is 11.3 Å². The number of sulfonamides is 1. The van der Waals surface area contributed by atoms with E-state index in [0.717, 1.165) is 16.7 Å². The number of rotatable bonds is 5. The third kappa shape index (κ3) is 3.74. The molecule has 1 aliphatic heterocycles. The summed E-state index contributed by atoms with van der Waals surface area (Å²) in [7, 11) is -3.32. The largest absolute Gasteiger partial charge is 0.453 e. The van der Waals surface area contributed by atoms with Crippen molar-refractivity contribution in [3.8, 4) is 0 Å². The van der Waals surface area contributed by atoms with E-state index in [1.165, 1.54) is 15.6 Å². The van der Waals surface area contributed by atoms with Crippen molar-refractivity contribution in [1.82, 2.24) is 0 Å². The molecule has 132 valence electrons. The summed E-state index contributed by atoms with van der Waals surface area (Å²) < 4.78 is 29.9. The monoisotopic (exact) mass is 379 g/mol. The number of ketones is 1. The third-order valence-corrected chi connectivity index (χ3v) is 6.09. The van der Waals surface area contributed by atoms with Crippen LogP contribution in [0.4, 0.5) is 5.69 Å². The fourth-order valence-corrected chi connectivity index (χ4v) is 4.44. The van der Waals surface area contributed by atoms with Crippen molar-refractivity contribution < 1.29 is 22.7 Å². The van der Waals surface area contributed by atoms with Crippen molar-refractivity contribution in [3.05, 3.63) is 51.2 Å². The van der Waals surface area contributed by atoms with Crippen molar-refractivity contribution in [1.29, 1.82) is 0 Å². The molecule has 0 bridgehead atoms. The summed E-state index contributed by atoms with van der Waals surface area (Å²) in [6, 6.07) is 8.35. The highest BCUT2D eigenvalue weighted by molar-refractivity contribution is 7.92. The van der Waals surface area contributed by atoms with Gasteiger partial charge in [0.05, 0.1) is 11.9 Å². The van der Waals surface area contributed by atoms with Gasteiger partial charge in [-0.1, -0.05) is 0 Å². The lowest BCUT2D eigenvalue weighted by Gasteiger charge is -2.16. The number of Topliss-reactive ketones (excluding diaryl/α,β-unsaturated/α-hetero) is 1. The van der Waals surface area contributed by atoms with Gasteiger partial charge in [0, 0.05) is 17.0 Å². The average Bonchev–Trinajstić information content (AvgIpc) is 3.17.